The van der Waals surface area contributed by atoms with E-state index in [4.69, 9.17) is 9.47 Å². The molecule has 2 aromatic rings. The lowest BCUT2D eigenvalue weighted by Crippen LogP contribution is -2.09. The monoisotopic (exact) mass is 326 g/mol. The maximum Gasteiger partial charge on any atom is 0.293 e. The summed E-state index contributed by atoms with van der Waals surface area (Å²) in [6.07, 6.45) is 2.90. The van der Waals surface area contributed by atoms with Crippen molar-refractivity contribution in [1.82, 2.24) is 0 Å². The van der Waals surface area contributed by atoms with Crippen molar-refractivity contribution >= 4 is 23.4 Å². The number of hydrogen-bond acceptors (Lipinski definition) is 5. The first-order valence-corrected chi connectivity index (χ1v) is 7.17. The fourth-order valence-corrected chi connectivity index (χ4v) is 2.26. The molecule has 1 amide bonds. The predicted molar refractivity (Wildman–Crippen MR) is 88.1 cm³/mol. The number of fused-ring (bicyclic) bond motifs is 1. The number of amides is 1. The van der Waals surface area contributed by atoms with Gasteiger partial charge in [0.05, 0.1) is 4.92 Å². The molecule has 122 valence electrons. The second-order valence-corrected chi connectivity index (χ2v) is 5.21. The first-order chi connectivity index (χ1) is 11.5. The van der Waals surface area contributed by atoms with Crippen LogP contribution < -0.4 is 14.8 Å². The van der Waals surface area contributed by atoms with Gasteiger partial charge in [0.15, 0.2) is 11.5 Å². The lowest BCUT2D eigenvalue weighted by molar-refractivity contribution is -0.384. The highest BCUT2D eigenvalue weighted by molar-refractivity contribution is 6.03. The van der Waals surface area contributed by atoms with E-state index in [2.05, 4.69) is 5.32 Å². The summed E-state index contributed by atoms with van der Waals surface area (Å²) in [5, 5.41) is 13.6. The maximum absolute atomic E-state index is 12.0. The fourth-order valence-electron chi connectivity index (χ4n) is 2.26. The molecule has 0 atom stereocenters. The van der Waals surface area contributed by atoms with Crippen molar-refractivity contribution in [2.24, 2.45) is 0 Å². The van der Waals surface area contributed by atoms with Crippen LogP contribution in [0.15, 0.2) is 42.5 Å². The minimum Gasteiger partial charge on any atom is -0.454 e. The van der Waals surface area contributed by atoms with Gasteiger partial charge in [0.25, 0.3) is 5.69 Å². The number of carbonyl (C=O) groups is 1. The summed E-state index contributed by atoms with van der Waals surface area (Å²) in [6.45, 7) is 1.93. The molecule has 1 heterocycles. The summed E-state index contributed by atoms with van der Waals surface area (Å²) in [7, 11) is 0. The zero-order valence-corrected chi connectivity index (χ0v) is 12.8. The number of nitro benzene ring substituents is 1. The zero-order chi connectivity index (χ0) is 17.1. The van der Waals surface area contributed by atoms with E-state index in [0.717, 1.165) is 11.1 Å². The van der Waals surface area contributed by atoms with E-state index in [0.29, 0.717) is 11.5 Å². The van der Waals surface area contributed by atoms with Crippen LogP contribution in [0.2, 0.25) is 0 Å². The molecule has 1 aliphatic rings. The quantitative estimate of drug-likeness (QED) is 0.529. The van der Waals surface area contributed by atoms with Crippen molar-refractivity contribution < 1.29 is 19.2 Å². The van der Waals surface area contributed by atoms with E-state index >= 15 is 0 Å². The van der Waals surface area contributed by atoms with Crippen LogP contribution >= 0.6 is 0 Å². The third kappa shape index (κ3) is 3.35. The van der Waals surface area contributed by atoms with Crippen LogP contribution in [-0.2, 0) is 4.79 Å². The van der Waals surface area contributed by atoms with Gasteiger partial charge in [-0.3, -0.25) is 14.9 Å². The molecule has 7 heteroatoms. The van der Waals surface area contributed by atoms with Crippen LogP contribution in [0.1, 0.15) is 11.1 Å². The Hall–Kier alpha value is -3.35. The number of nitro groups is 1. The van der Waals surface area contributed by atoms with Crippen LogP contribution in [-0.4, -0.2) is 17.6 Å². The molecule has 0 spiro atoms. The molecule has 24 heavy (non-hydrogen) atoms. The molecule has 0 saturated carbocycles. The Kier molecular flexibility index (Phi) is 4.15. The number of carbonyl (C=O) groups excluding carboxylic acids is 1. The largest absolute Gasteiger partial charge is 0.454 e. The molecule has 0 fully saturated rings. The molecule has 0 radical (unpaired) electrons. The van der Waals surface area contributed by atoms with E-state index in [1.54, 1.807) is 37.3 Å². The molecule has 0 saturated heterocycles. The van der Waals surface area contributed by atoms with Gasteiger partial charge in [-0.05, 0) is 42.3 Å². The normalized spacial score (nSPS) is 12.4. The minimum absolute atomic E-state index is 0.139. The van der Waals surface area contributed by atoms with E-state index in [1.165, 1.54) is 18.2 Å². The summed E-state index contributed by atoms with van der Waals surface area (Å²) >= 11 is 0. The second-order valence-electron chi connectivity index (χ2n) is 5.21. The molecular formula is C17H14N2O5. The van der Waals surface area contributed by atoms with Gasteiger partial charge in [-0.1, -0.05) is 12.1 Å². The summed E-state index contributed by atoms with van der Waals surface area (Å²) in [6, 6.07) is 9.91. The standard InChI is InChI=1S/C17H14N2O5/c1-11-2-5-13(14(8-11)19(21)22)18-17(20)7-4-12-3-6-15-16(9-12)24-10-23-15/h2-9H,10H2,1H3,(H,18,20)/b7-4-. The van der Waals surface area contributed by atoms with Crippen LogP contribution in [0.3, 0.4) is 0 Å². The van der Waals surface area contributed by atoms with Crippen molar-refractivity contribution in [3.05, 3.63) is 63.7 Å². The molecule has 3 rings (SSSR count). The number of benzene rings is 2. The first kappa shape index (κ1) is 15.5. The molecule has 0 bridgehead atoms. The smallest absolute Gasteiger partial charge is 0.293 e. The van der Waals surface area contributed by atoms with Gasteiger partial charge < -0.3 is 14.8 Å². The molecule has 7 nitrogen and oxygen atoms in total. The number of hydrogen-bond donors (Lipinski definition) is 1. The minimum atomic E-state index is -0.524. The lowest BCUT2D eigenvalue weighted by atomic mass is 10.1. The molecule has 0 aliphatic carbocycles. The van der Waals surface area contributed by atoms with Gasteiger partial charge in [-0.15, -0.1) is 0 Å². The van der Waals surface area contributed by atoms with Crippen LogP contribution in [0.5, 0.6) is 11.5 Å². The van der Waals surface area contributed by atoms with E-state index in [-0.39, 0.29) is 18.2 Å². The molecule has 0 aromatic heterocycles. The lowest BCUT2D eigenvalue weighted by Gasteiger charge is -2.04. The van der Waals surface area contributed by atoms with Gasteiger partial charge in [0, 0.05) is 12.1 Å². The van der Waals surface area contributed by atoms with Gasteiger partial charge in [0.2, 0.25) is 12.7 Å². The van der Waals surface area contributed by atoms with Crippen molar-refractivity contribution in [2.45, 2.75) is 6.92 Å². The van der Waals surface area contributed by atoms with Crippen molar-refractivity contribution in [1.29, 1.82) is 0 Å². The van der Waals surface area contributed by atoms with Crippen LogP contribution in [0, 0.1) is 17.0 Å². The summed E-state index contributed by atoms with van der Waals surface area (Å²) in [4.78, 5) is 22.5. The highest BCUT2D eigenvalue weighted by atomic mass is 16.7. The van der Waals surface area contributed by atoms with Gasteiger partial charge in [-0.25, -0.2) is 0 Å². The molecule has 1 N–H and O–H groups in total. The average Bonchev–Trinajstić information content (AvgIpc) is 3.02. The average molecular weight is 326 g/mol. The summed E-state index contributed by atoms with van der Waals surface area (Å²) in [5.74, 6) is 0.818. The van der Waals surface area contributed by atoms with Gasteiger partial charge in [0.1, 0.15) is 5.69 Å². The number of aryl methyl sites for hydroxylation is 1. The Balaban J connectivity index is 1.73. The first-order valence-electron chi connectivity index (χ1n) is 7.17. The third-order valence-corrected chi connectivity index (χ3v) is 3.43. The Morgan fingerprint density at radius 1 is 1.21 bits per heavy atom. The number of nitrogens with one attached hydrogen (secondary N) is 1. The number of ether oxygens (including phenoxy) is 2. The Morgan fingerprint density at radius 3 is 2.79 bits per heavy atom. The van der Waals surface area contributed by atoms with Crippen molar-refractivity contribution in [3.63, 3.8) is 0 Å². The Bertz CT molecular complexity index is 845. The molecule has 2 aromatic carbocycles. The van der Waals surface area contributed by atoms with Crippen LogP contribution in [0.4, 0.5) is 11.4 Å². The van der Waals surface area contributed by atoms with Gasteiger partial charge >= 0.3 is 0 Å². The maximum atomic E-state index is 12.0. The fraction of sp³-hybridized carbons (Fsp3) is 0.118. The highest BCUT2D eigenvalue weighted by Crippen LogP contribution is 2.32. The molecular weight excluding hydrogens is 312 g/mol. The van der Waals surface area contributed by atoms with E-state index < -0.39 is 10.8 Å². The number of nitrogens with zero attached hydrogens (tertiary/aromatic N) is 1. The topological polar surface area (TPSA) is 90.7 Å². The van der Waals surface area contributed by atoms with Gasteiger partial charge in [-0.2, -0.15) is 0 Å². The van der Waals surface area contributed by atoms with Crippen molar-refractivity contribution in [2.75, 3.05) is 12.1 Å². The Labute approximate surface area is 137 Å². The third-order valence-electron chi connectivity index (χ3n) is 3.43. The molecule has 0 unspecified atom stereocenters. The molecule has 1 aliphatic heterocycles. The van der Waals surface area contributed by atoms with Crippen molar-refractivity contribution in [3.8, 4) is 11.5 Å². The Morgan fingerprint density at radius 2 is 2.00 bits per heavy atom. The summed E-state index contributed by atoms with van der Waals surface area (Å²) in [5.41, 5.74) is 1.52. The predicted octanol–water partition coefficient (Wildman–Crippen LogP) is 3.28. The summed E-state index contributed by atoms with van der Waals surface area (Å²) < 4.78 is 10.5. The highest BCUT2D eigenvalue weighted by Gasteiger charge is 2.15. The van der Waals surface area contributed by atoms with E-state index in [1.807, 2.05) is 0 Å². The second kappa shape index (κ2) is 6.41. The number of rotatable bonds is 4. The number of anilines is 1. The zero-order valence-electron chi connectivity index (χ0n) is 12.8. The van der Waals surface area contributed by atoms with E-state index in [9.17, 15) is 14.9 Å². The van der Waals surface area contributed by atoms with Crippen LogP contribution in [0.25, 0.3) is 6.08 Å². The SMILES string of the molecule is Cc1ccc(NC(=O)/C=C\c2ccc3c(c2)OCO3)c([N+](=O)[O-])c1.